The van der Waals surface area contributed by atoms with Crippen molar-refractivity contribution in [2.45, 2.75) is 57.7 Å². The highest BCUT2D eigenvalue weighted by molar-refractivity contribution is 5.88. The number of amides is 1. The van der Waals surface area contributed by atoms with Gasteiger partial charge in [0, 0.05) is 54.8 Å². The van der Waals surface area contributed by atoms with Gasteiger partial charge in [0.1, 0.15) is 29.0 Å². The Morgan fingerprint density at radius 1 is 1.32 bits per heavy atom. The number of benzene rings is 1. The van der Waals surface area contributed by atoms with E-state index in [-0.39, 0.29) is 28.7 Å². The van der Waals surface area contributed by atoms with E-state index in [4.69, 9.17) is 4.98 Å². The number of nitriles is 1. The summed E-state index contributed by atoms with van der Waals surface area (Å²) in [4.78, 5) is 23.7. The van der Waals surface area contributed by atoms with Gasteiger partial charge in [-0.15, -0.1) is 0 Å². The molecule has 0 aliphatic carbocycles. The van der Waals surface area contributed by atoms with Gasteiger partial charge in [0.15, 0.2) is 0 Å². The lowest BCUT2D eigenvalue weighted by molar-refractivity contribution is -0.136. The number of likely N-dealkylation sites (tertiary alicyclic amines) is 1. The average Bonchev–Trinajstić information content (AvgIpc) is 3.45. The Labute approximate surface area is 216 Å². The molecular formula is C29H32FN5O2. The van der Waals surface area contributed by atoms with Crippen molar-refractivity contribution in [3.63, 3.8) is 0 Å². The molecule has 5 heterocycles. The zero-order chi connectivity index (χ0) is 26.1. The van der Waals surface area contributed by atoms with Gasteiger partial charge in [-0.25, -0.2) is 9.37 Å². The molecule has 4 aliphatic heterocycles. The Hall–Kier alpha value is -3.44. The second-order valence-electron chi connectivity index (χ2n) is 11.4. The lowest BCUT2D eigenvalue weighted by Crippen LogP contribution is -2.59. The van der Waals surface area contributed by atoms with Crippen LogP contribution < -0.4 is 4.90 Å². The minimum atomic E-state index is -0.456. The first kappa shape index (κ1) is 23.9. The van der Waals surface area contributed by atoms with Crippen LogP contribution in [-0.4, -0.2) is 64.1 Å². The minimum absolute atomic E-state index is 0.0260. The van der Waals surface area contributed by atoms with E-state index in [0.29, 0.717) is 55.1 Å². The maximum atomic E-state index is 15.3. The van der Waals surface area contributed by atoms with E-state index in [1.54, 1.807) is 4.90 Å². The van der Waals surface area contributed by atoms with Crippen LogP contribution in [0.3, 0.4) is 0 Å². The van der Waals surface area contributed by atoms with Gasteiger partial charge < -0.3 is 14.9 Å². The number of rotatable bonds is 4. The molecule has 6 rings (SSSR count). The number of anilines is 1. The number of pyridine rings is 1. The van der Waals surface area contributed by atoms with Gasteiger partial charge in [-0.05, 0) is 69.4 Å². The van der Waals surface area contributed by atoms with Gasteiger partial charge in [-0.3, -0.25) is 9.69 Å². The normalized spacial score (nSPS) is 23.8. The smallest absolute Gasteiger partial charge is 0.245 e. The summed E-state index contributed by atoms with van der Waals surface area (Å²) in [6, 6.07) is 7.21. The average molecular weight is 502 g/mol. The number of aromatic hydroxyl groups is 1. The topological polar surface area (TPSA) is 83.7 Å². The van der Waals surface area contributed by atoms with Crippen molar-refractivity contribution in [2.75, 3.05) is 31.1 Å². The molecule has 2 atom stereocenters. The highest BCUT2D eigenvalue weighted by atomic mass is 19.1. The molecule has 1 N–H and O–H groups in total. The first-order chi connectivity index (χ1) is 17.7. The number of carbonyl (C=O) groups is 1. The highest BCUT2D eigenvalue weighted by Crippen LogP contribution is 2.50. The quantitative estimate of drug-likeness (QED) is 0.634. The molecule has 1 amide bonds. The fourth-order valence-corrected chi connectivity index (χ4v) is 7.28. The summed E-state index contributed by atoms with van der Waals surface area (Å²) in [5.41, 5.74) is 3.06. The molecule has 0 saturated carbocycles. The number of phenolic OH excluding ortho intramolecular Hbond substituents is 1. The van der Waals surface area contributed by atoms with Crippen molar-refractivity contribution in [1.82, 2.24) is 14.8 Å². The lowest BCUT2D eigenvalue weighted by Gasteiger charge is -2.47. The Morgan fingerprint density at radius 2 is 2.11 bits per heavy atom. The van der Waals surface area contributed by atoms with Crippen LogP contribution in [0.25, 0.3) is 11.1 Å². The number of hydrogen-bond donors (Lipinski definition) is 1. The molecule has 3 saturated heterocycles. The molecule has 3 fully saturated rings. The summed E-state index contributed by atoms with van der Waals surface area (Å²) in [6.45, 7) is 10.7. The number of hydrogen-bond acceptors (Lipinski definition) is 6. The third-order valence-electron chi connectivity index (χ3n) is 8.83. The SMILES string of the molecule is C=CC(=O)N1CC2(CCN(c3nc4c(c(-c5cc(O)ccc5F)c3C#N)C[C@H]3CC[C@H]4N3C(C)C)C2)C1. The standard InChI is InChI=1S/C29H32FN5O2/c1-4-25(37)34-15-29(16-34)9-10-33(14-29)28-22(13-31)26(20-12-19(36)6-7-23(20)30)21-11-18-5-8-24(27(21)32-28)35(18)17(2)3/h4,6-7,12,17-18,24,36H,1,5,8-11,14-16H2,2-3H3/t18-,24-/m1/s1. The predicted molar refractivity (Wildman–Crippen MR) is 138 cm³/mol. The predicted octanol–water partition coefficient (Wildman–Crippen LogP) is 4.16. The van der Waals surface area contributed by atoms with Crippen LogP contribution in [0.15, 0.2) is 30.9 Å². The number of fused-ring (bicyclic) bond motifs is 4. The van der Waals surface area contributed by atoms with Crippen LogP contribution in [0.2, 0.25) is 0 Å². The second kappa shape index (κ2) is 8.56. The molecule has 2 aromatic rings. The van der Waals surface area contributed by atoms with Crippen molar-refractivity contribution >= 4 is 11.7 Å². The van der Waals surface area contributed by atoms with Crippen LogP contribution >= 0.6 is 0 Å². The van der Waals surface area contributed by atoms with Crippen LogP contribution in [0.1, 0.15) is 56.0 Å². The first-order valence-corrected chi connectivity index (χ1v) is 13.1. The van der Waals surface area contributed by atoms with Crippen molar-refractivity contribution in [1.29, 1.82) is 5.26 Å². The van der Waals surface area contributed by atoms with E-state index >= 15 is 4.39 Å². The summed E-state index contributed by atoms with van der Waals surface area (Å²) in [5.74, 6) is 0.0534. The van der Waals surface area contributed by atoms with E-state index in [1.165, 1.54) is 24.3 Å². The molecule has 4 aliphatic rings. The molecule has 1 spiro atoms. The Morgan fingerprint density at radius 3 is 2.81 bits per heavy atom. The third-order valence-corrected chi connectivity index (χ3v) is 8.83. The van der Waals surface area contributed by atoms with E-state index in [9.17, 15) is 15.2 Å². The van der Waals surface area contributed by atoms with Gasteiger partial charge in [-0.1, -0.05) is 6.58 Å². The molecule has 192 valence electrons. The van der Waals surface area contributed by atoms with Gasteiger partial charge in [0.25, 0.3) is 0 Å². The zero-order valence-corrected chi connectivity index (χ0v) is 21.4. The first-order valence-electron chi connectivity index (χ1n) is 13.1. The molecule has 1 aromatic heterocycles. The van der Waals surface area contributed by atoms with Crippen LogP contribution in [-0.2, 0) is 11.2 Å². The number of aromatic nitrogens is 1. The Bertz CT molecular complexity index is 1340. The van der Waals surface area contributed by atoms with E-state index < -0.39 is 5.82 Å². The minimum Gasteiger partial charge on any atom is -0.508 e. The zero-order valence-electron chi connectivity index (χ0n) is 21.4. The van der Waals surface area contributed by atoms with Crippen molar-refractivity contribution in [3.05, 3.63) is 53.5 Å². The summed E-state index contributed by atoms with van der Waals surface area (Å²) in [6.07, 6.45) is 4.98. The van der Waals surface area contributed by atoms with Gasteiger partial charge in [0.2, 0.25) is 5.91 Å². The third kappa shape index (κ3) is 3.63. The maximum Gasteiger partial charge on any atom is 0.245 e. The molecule has 0 unspecified atom stereocenters. The van der Waals surface area contributed by atoms with Crippen LogP contribution in [0.4, 0.5) is 10.2 Å². The molecule has 8 heteroatoms. The maximum absolute atomic E-state index is 15.3. The van der Waals surface area contributed by atoms with Gasteiger partial charge in [0.05, 0.1) is 11.7 Å². The summed E-state index contributed by atoms with van der Waals surface area (Å²) >= 11 is 0. The fraction of sp³-hybridized carbons (Fsp3) is 0.483. The van der Waals surface area contributed by atoms with E-state index in [1.807, 2.05) is 0 Å². The molecule has 7 nitrogen and oxygen atoms in total. The number of halogens is 1. The molecule has 1 aromatic carbocycles. The van der Waals surface area contributed by atoms with Crippen molar-refractivity contribution in [3.8, 4) is 22.9 Å². The van der Waals surface area contributed by atoms with Gasteiger partial charge >= 0.3 is 0 Å². The van der Waals surface area contributed by atoms with Crippen molar-refractivity contribution < 1.29 is 14.3 Å². The molecule has 0 radical (unpaired) electrons. The second-order valence-corrected chi connectivity index (χ2v) is 11.4. The monoisotopic (exact) mass is 501 g/mol. The van der Waals surface area contributed by atoms with E-state index in [0.717, 1.165) is 37.1 Å². The largest absolute Gasteiger partial charge is 0.508 e. The number of phenols is 1. The molecule has 37 heavy (non-hydrogen) atoms. The number of nitrogens with zero attached hydrogens (tertiary/aromatic N) is 5. The molecule has 2 bridgehead atoms. The van der Waals surface area contributed by atoms with Crippen molar-refractivity contribution in [2.24, 2.45) is 5.41 Å². The summed E-state index contributed by atoms with van der Waals surface area (Å²) in [7, 11) is 0. The van der Waals surface area contributed by atoms with Gasteiger partial charge in [-0.2, -0.15) is 5.26 Å². The highest BCUT2D eigenvalue weighted by Gasteiger charge is 2.50. The fourth-order valence-electron chi connectivity index (χ4n) is 7.28. The molecular weight excluding hydrogens is 469 g/mol. The van der Waals surface area contributed by atoms with E-state index in [2.05, 4.69) is 36.3 Å². The summed E-state index contributed by atoms with van der Waals surface area (Å²) in [5, 5.41) is 20.7. The summed E-state index contributed by atoms with van der Waals surface area (Å²) < 4.78 is 15.3. The lowest BCUT2D eigenvalue weighted by atomic mass is 9.79. The van der Waals surface area contributed by atoms with Crippen LogP contribution in [0, 0.1) is 22.6 Å². The number of carbonyl (C=O) groups excluding carboxylic acids is 1. The Balaban J connectivity index is 1.48. The van der Waals surface area contributed by atoms with Crippen LogP contribution in [0.5, 0.6) is 5.75 Å². The Kier molecular flexibility index (Phi) is 5.53.